The van der Waals surface area contributed by atoms with Crippen LogP contribution in [0.5, 0.6) is 0 Å². The minimum absolute atomic E-state index is 0.258. The summed E-state index contributed by atoms with van der Waals surface area (Å²) in [6.45, 7) is 8.58. The Labute approximate surface area is 119 Å². The van der Waals surface area contributed by atoms with Crippen LogP contribution in [0.25, 0.3) is 0 Å². The van der Waals surface area contributed by atoms with Gasteiger partial charge in [0.05, 0.1) is 11.5 Å². The molecule has 0 aliphatic heterocycles. The molecule has 0 saturated heterocycles. The lowest BCUT2D eigenvalue weighted by Gasteiger charge is -2.31. The largest absolute Gasteiger partial charge is 0.460 e. The number of hydrogen-bond donors (Lipinski definition) is 1. The van der Waals surface area contributed by atoms with Crippen molar-refractivity contribution in [3.05, 3.63) is 35.6 Å². The first-order valence-corrected chi connectivity index (χ1v) is 6.71. The summed E-state index contributed by atoms with van der Waals surface area (Å²) in [5.74, 6) is -1.44. The Kier molecular flexibility index (Phi) is 4.92. The lowest BCUT2D eigenvalue weighted by molar-refractivity contribution is -0.167. The van der Waals surface area contributed by atoms with Crippen molar-refractivity contribution in [1.29, 1.82) is 0 Å². The van der Waals surface area contributed by atoms with Crippen LogP contribution in [-0.2, 0) is 16.0 Å². The second kappa shape index (κ2) is 5.92. The number of rotatable bonds is 4. The average molecular weight is 282 g/mol. The van der Waals surface area contributed by atoms with Crippen LogP contribution in [0.1, 0.15) is 40.2 Å². The fourth-order valence-corrected chi connectivity index (χ4v) is 1.81. The highest BCUT2D eigenvalue weighted by Crippen LogP contribution is 2.25. The predicted octanol–water partition coefficient (Wildman–Crippen LogP) is 3.10. The van der Waals surface area contributed by atoms with Crippen molar-refractivity contribution in [3.8, 4) is 0 Å². The molecule has 4 heteroatoms. The van der Waals surface area contributed by atoms with Gasteiger partial charge in [0.1, 0.15) is 11.4 Å². The van der Waals surface area contributed by atoms with Crippen LogP contribution >= 0.6 is 0 Å². The molecule has 20 heavy (non-hydrogen) atoms. The lowest BCUT2D eigenvalue weighted by atomic mass is 9.85. The normalized spacial score (nSPS) is 16.4. The Hall–Kier alpha value is -1.42. The van der Waals surface area contributed by atoms with Crippen molar-refractivity contribution in [2.24, 2.45) is 5.92 Å². The maximum Gasteiger partial charge on any atom is 0.312 e. The van der Waals surface area contributed by atoms with Crippen molar-refractivity contribution in [2.75, 3.05) is 0 Å². The minimum Gasteiger partial charge on any atom is -0.460 e. The van der Waals surface area contributed by atoms with E-state index < -0.39 is 23.1 Å². The van der Waals surface area contributed by atoms with Gasteiger partial charge in [0.15, 0.2) is 0 Å². The molecule has 2 unspecified atom stereocenters. The van der Waals surface area contributed by atoms with Gasteiger partial charge in [0.25, 0.3) is 0 Å². The third-order valence-electron chi connectivity index (χ3n) is 3.17. The smallest absolute Gasteiger partial charge is 0.312 e. The first-order chi connectivity index (χ1) is 9.01. The number of aliphatic hydroxyl groups is 1. The SMILES string of the molecule is CC(C(=O)OC(C)(C)C)C(C)(O)Cc1ccc(F)cc1. The number of esters is 1. The molecule has 0 aromatic heterocycles. The summed E-state index contributed by atoms with van der Waals surface area (Å²) in [6.07, 6.45) is 0.258. The topological polar surface area (TPSA) is 46.5 Å². The van der Waals surface area contributed by atoms with Gasteiger partial charge in [0, 0.05) is 6.42 Å². The second-order valence-corrected chi connectivity index (χ2v) is 6.42. The first-order valence-electron chi connectivity index (χ1n) is 6.71. The molecule has 0 aliphatic rings. The van der Waals surface area contributed by atoms with Crippen LogP contribution in [0.2, 0.25) is 0 Å². The molecule has 2 atom stereocenters. The summed E-state index contributed by atoms with van der Waals surface area (Å²) in [4.78, 5) is 12.0. The number of halogens is 1. The predicted molar refractivity (Wildman–Crippen MR) is 75.7 cm³/mol. The third kappa shape index (κ3) is 4.93. The Morgan fingerprint density at radius 3 is 2.20 bits per heavy atom. The number of carbonyl (C=O) groups excluding carboxylic acids is 1. The summed E-state index contributed by atoms with van der Waals surface area (Å²) < 4.78 is 18.1. The molecular formula is C16H23FO3. The van der Waals surface area contributed by atoms with Crippen molar-refractivity contribution in [1.82, 2.24) is 0 Å². The van der Waals surface area contributed by atoms with Crippen LogP contribution in [0.15, 0.2) is 24.3 Å². The van der Waals surface area contributed by atoms with Crippen LogP contribution in [-0.4, -0.2) is 22.3 Å². The van der Waals surface area contributed by atoms with Crippen LogP contribution in [0.3, 0.4) is 0 Å². The molecule has 0 aliphatic carbocycles. The highest BCUT2D eigenvalue weighted by atomic mass is 19.1. The van der Waals surface area contributed by atoms with Gasteiger partial charge in [-0.3, -0.25) is 4.79 Å². The molecule has 0 radical (unpaired) electrons. The quantitative estimate of drug-likeness (QED) is 0.863. The average Bonchev–Trinajstić information content (AvgIpc) is 2.28. The molecule has 1 N–H and O–H groups in total. The highest BCUT2D eigenvalue weighted by Gasteiger charge is 2.36. The summed E-state index contributed by atoms with van der Waals surface area (Å²) >= 11 is 0. The first kappa shape index (κ1) is 16.6. The molecular weight excluding hydrogens is 259 g/mol. The van der Waals surface area contributed by atoms with E-state index in [1.807, 2.05) is 0 Å². The molecule has 0 saturated carbocycles. The highest BCUT2D eigenvalue weighted by molar-refractivity contribution is 5.73. The van der Waals surface area contributed by atoms with Gasteiger partial charge >= 0.3 is 5.97 Å². The van der Waals surface area contributed by atoms with Gasteiger partial charge in [-0.05, 0) is 52.3 Å². The summed E-state index contributed by atoms with van der Waals surface area (Å²) in [6, 6.07) is 5.88. The van der Waals surface area contributed by atoms with E-state index in [9.17, 15) is 14.3 Å². The number of ether oxygens (including phenoxy) is 1. The van der Waals surface area contributed by atoms with Gasteiger partial charge in [-0.15, -0.1) is 0 Å². The molecule has 3 nitrogen and oxygen atoms in total. The molecule has 1 rings (SSSR count). The molecule has 0 heterocycles. The molecule has 0 amide bonds. The molecule has 0 bridgehead atoms. The second-order valence-electron chi connectivity index (χ2n) is 6.42. The fraction of sp³-hybridized carbons (Fsp3) is 0.562. The zero-order valence-corrected chi connectivity index (χ0v) is 12.7. The molecule has 0 spiro atoms. The molecule has 112 valence electrons. The Morgan fingerprint density at radius 1 is 1.25 bits per heavy atom. The van der Waals surface area contributed by atoms with Crippen LogP contribution in [0, 0.1) is 11.7 Å². The van der Waals surface area contributed by atoms with E-state index in [4.69, 9.17) is 4.74 Å². The molecule has 1 aromatic rings. The van der Waals surface area contributed by atoms with Gasteiger partial charge in [-0.1, -0.05) is 12.1 Å². The Morgan fingerprint density at radius 2 is 1.75 bits per heavy atom. The van der Waals surface area contributed by atoms with Crippen molar-refractivity contribution in [3.63, 3.8) is 0 Å². The monoisotopic (exact) mass is 282 g/mol. The van der Waals surface area contributed by atoms with Crippen molar-refractivity contribution in [2.45, 2.75) is 52.2 Å². The van der Waals surface area contributed by atoms with Gasteiger partial charge in [-0.25, -0.2) is 4.39 Å². The summed E-state index contributed by atoms with van der Waals surface area (Å²) in [7, 11) is 0. The molecule has 0 fully saturated rings. The minimum atomic E-state index is -1.25. The zero-order chi connectivity index (χ0) is 15.6. The van der Waals surface area contributed by atoms with Crippen molar-refractivity contribution >= 4 is 5.97 Å². The van der Waals surface area contributed by atoms with Crippen molar-refractivity contribution < 1.29 is 19.0 Å². The van der Waals surface area contributed by atoms with E-state index in [1.54, 1.807) is 46.8 Å². The van der Waals surface area contributed by atoms with Gasteiger partial charge < -0.3 is 9.84 Å². The number of hydrogen-bond acceptors (Lipinski definition) is 3. The lowest BCUT2D eigenvalue weighted by Crippen LogP contribution is -2.42. The number of carbonyl (C=O) groups is 1. The van der Waals surface area contributed by atoms with E-state index in [1.165, 1.54) is 12.1 Å². The maximum atomic E-state index is 12.9. The van der Waals surface area contributed by atoms with E-state index in [2.05, 4.69) is 0 Å². The van der Waals surface area contributed by atoms with E-state index in [-0.39, 0.29) is 12.2 Å². The van der Waals surface area contributed by atoms with E-state index in [0.717, 1.165) is 5.56 Å². The number of benzene rings is 1. The van der Waals surface area contributed by atoms with E-state index >= 15 is 0 Å². The maximum absolute atomic E-state index is 12.9. The summed E-state index contributed by atoms with van der Waals surface area (Å²) in [5.41, 5.74) is -1.07. The molecule has 1 aromatic carbocycles. The fourth-order valence-electron chi connectivity index (χ4n) is 1.81. The summed E-state index contributed by atoms with van der Waals surface area (Å²) in [5, 5.41) is 10.5. The van der Waals surface area contributed by atoms with Gasteiger partial charge in [0.2, 0.25) is 0 Å². The Bertz CT molecular complexity index is 458. The third-order valence-corrected chi connectivity index (χ3v) is 3.17. The van der Waals surface area contributed by atoms with Gasteiger partial charge in [-0.2, -0.15) is 0 Å². The van der Waals surface area contributed by atoms with E-state index in [0.29, 0.717) is 0 Å². The standard InChI is InChI=1S/C16H23FO3/c1-11(14(18)20-15(2,3)4)16(5,19)10-12-6-8-13(17)9-7-12/h6-9,11,19H,10H2,1-5H3. The van der Waals surface area contributed by atoms with Crippen LogP contribution in [0.4, 0.5) is 4.39 Å². The Balaban J connectivity index is 2.76. The van der Waals surface area contributed by atoms with Crippen LogP contribution < -0.4 is 0 Å². The zero-order valence-electron chi connectivity index (χ0n) is 12.7.